The van der Waals surface area contributed by atoms with Gasteiger partial charge in [-0.05, 0) is 37.1 Å². The molecule has 0 saturated heterocycles. The molecule has 0 heterocycles. The molecule has 100 valence electrons. The van der Waals surface area contributed by atoms with Crippen LogP contribution in [0.4, 0.5) is 10.5 Å². The molecule has 0 fully saturated rings. The van der Waals surface area contributed by atoms with Crippen LogP contribution in [0.1, 0.15) is 25.3 Å². The topological polar surface area (TPSA) is 41.6 Å². The van der Waals surface area contributed by atoms with Crippen molar-refractivity contribution in [2.24, 2.45) is 0 Å². The molecule has 0 radical (unpaired) electrons. The summed E-state index contributed by atoms with van der Waals surface area (Å²) in [7, 11) is 3.97. The molecule has 0 atom stereocenters. The predicted molar refractivity (Wildman–Crippen MR) is 74.4 cm³/mol. The van der Waals surface area contributed by atoms with Crippen LogP contribution in [0.5, 0.6) is 5.75 Å². The minimum Gasteiger partial charge on any atom is -0.410 e. The molecule has 0 unspecified atom stereocenters. The maximum Gasteiger partial charge on any atom is 0.412 e. The second-order valence-electron chi connectivity index (χ2n) is 4.51. The molecule has 0 aliphatic rings. The highest BCUT2D eigenvalue weighted by atomic mass is 16.6. The van der Waals surface area contributed by atoms with Crippen LogP contribution < -0.4 is 15.0 Å². The third-order valence-corrected chi connectivity index (χ3v) is 2.66. The Morgan fingerprint density at radius 3 is 2.67 bits per heavy atom. The molecule has 18 heavy (non-hydrogen) atoms. The SMILES string of the molecule is CCCCNC(=O)Oc1ccc(N(C)C)c(C)c1. The molecule has 1 amide bonds. The normalized spacial score (nSPS) is 10.0. The summed E-state index contributed by atoms with van der Waals surface area (Å²) >= 11 is 0. The molecule has 0 aliphatic heterocycles. The average Bonchev–Trinajstić information content (AvgIpc) is 2.28. The van der Waals surface area contributed by atoms with Gasteiger partial charge in [0.15, 0.2) is 0 Å². The van der Waals surface area contributed by atoms with Gasteiger partial charge in [0.1, 0.15) is 5.75 Å². The monoisotopic (exact) mass is 250 g/mol. The first-order valence-electron chi connectivity index (χ1n) is 6.28. The van der Waals surface area contributed by atoms with E-state index in [1.165, 1.54) is 0 Å². The summed E-state index contributed by atoms with van der Waals surface area (Å²) in [6.07, 6.45) is 1.63. The van der Waals surface area contributed by atoms with Gasteiger partial charge in [-0.1, -0.05) is 13.3 Å². The van der Waals surface area contributed by atoms with Crippen molar-refractivity contribution in [3.63, 3.8) is 0 Å². The fraction of sp³-hybridized carbons (Fsp3) is 0.500. The first-order chi connectivity index (χ1) is 8.54. The summed E-state index contributed by atoms with van der Waals surface area (Å²) in [5, 5.41) is 2.72. The number of unbranched alkanes of at least 4 members (excludes halogenated alkanes) is 1. The minimum absolute atomic E-state index is 0.388. The summed E-state index contributed by atoms with van der Waals surface area (Å²) in [6.45, 7) is 4.73. The number of carbonyl (C=O) groups excluding carboxylic acids is 1. The van der Waals surface area contributed by atoms with Crippen LogP contribution in [0, 0.1) is 6.92 Å². The van der Waals surface area contributed by atoms with E-state index >= 15 is 0 Å². The van der Waals surface area contributed by atoms with Gasteiger partial charge in [0.05, 0.1) is 0 Å². The molecule has 1 aromatic carbocycles. The van der Waals surface area contributed by atoms with E-state index in [2.05, 4.69) is 12.2 Å². The highest BCUT2D eigenvalue weighted by Gasteiger charge is 2.06. The number of benzene rings is 1. The van der Waals surface area contributed by atoms with Crippen molar-refractivity contribution in [1.29, 1.82) is 0 Å². The number of carbonyl (C=O) groups is 1. The number of aryl methyl sites for hydroxylation is 1. The Morgan fingerprint density at radius 1 is 1.39 bits per heavy atom. The number of amides is 1. The van der Waals surface area contributed by atoms with E-state index in [1.807, 2.05) is 44.1 Å². The second-order valence-corrected chi connectivity index (χ2v) is 4.51. The third-order valence-electron chi connectivity index (χ3n) is 2.66. The number of rotatable bonds is 5. The van der Waals surface area contributed by atoms with E-state index in [1.54, 1.807) is 0 Å². The van der Waals surface area contributed by atoms with E-state index in [4.69, 9.17) is 4.74 Å². The zero-order valence-corrected chi connectivity index (χ0v) is 11.6. The van der Waals surface area contributed by atoms with Crippen molar-refractivity contribution in [3.05, 3.63) is 23.8 Å². The maximum absolute atomic E-state index is 11.5. The van der Waals surface area contributed by atoms with Crippen molar-refractivity contribution in [1.82, 2.24) is 5.32 Å². The lowest BCUT2D eigenvalue weighted by Gasteiger charge is -2.16. The lowest BCUT2D eigenvalue weighted by atomic mass is 10.2. The van der Waals surface area contributed by atoms with Crippen molar-refractivity contribution < 1.29 is 9.53 Å². The van der Waals surface area contributed by atoms with Gasteiger partial charge in [0, 0.05) is 26.3 Å². The van der Waals surface area contributed by atoms with Crippen molar-refractivity contribution >= 4 is 11.8 Å². The highest BCUT2D eigenvalue weighted by molar-refractivity contribution is 5.70. The van der Waals surface area contributed by atoms with Gasteiger partial charge < -0.3 is 15.0 Å². The molecule has 0 bridgehead atoms. The lowest BCUT2D eigenvalue weighted by Crippen LogP contribution is -2.27. The largest absolute Gasteiger partial charge is 0.412 e. The summed E-state index contributed by atoms with van der Waals surface area (Å²) in [6, 6.07) is 5.63. The van der Waals surface area contributed by atoms with E-state index in [0.717, 1.165) is 24.1 Å². The number of nitrogens with zero attached hydrogens (tertiary/aromatic N) is 1. The van der Waals surface area contributed by atoms with E-state index in [-0.39, 0.29) is 6.09 Å². The van der Waals surface area contributed by atoms with Crippen LogP contribution in [0.25, 0.3) is 0 Å². The van der Waals surface area contributed by atoms with Crippen molar-refractivity contribution in [3.8, 4) is 5.75 Å². The number of ether oxygens (including phenoxy) is 1. The number of anilines is 1. The molecule has 4 nitrogen and oxygen atoms in total. The molecule has 4 heteroatoms. The predicted octanol–water partition coefficient (Wildman–Crippen LogP) is 2.95. The first-order valence-corrected chi connectivity index (χ1v) is 6.28. The van der Waals surface area contributed by atoms with Crippen LogP contribution in [0.15, 0.2) is 18.2 Å². The Morgan fingerprint density at radius 2 is 2.11 bits per heavy atom. The molecule has 0 spiro atoms. The Bertz CT molecular complexity index is 403. The van der Waals surface area contributed by atoms with Crippen molar-refractivity contribution in [2.45, 2.75) is 26.7 Å². The molecule has 1 aromatic rings. The van der Waals surface area contributed by atoms with Gasteiger partial charge in [-0.15, -0.1) is 0 Å². The Labute approximate surface area is 109 Å². The molecular formula is C14H22N2O2. The summed E-state index contributed by atoms with van der Waals surface area (Å²) in [5.41, 5.74) is 2.20. The number of hydrogen-bond donors (Lipinski definition) is 1. The third kappa shape index (κ3) is 4.28. The Balaban J connectivity index is 2.58. The van der Waals surface area contributed by atoms with Gasteiger partial charge in [0.2, 0.25) is 0 Å². The molecule has 1 rings (SSSR count). The highest BCUT2D eigenvalue weighted by Crippen LogP contribution is 2.23. The quantitative estimate of drug-likeness (QED) is 0.817. The zero-order valence-electron chi connectivity index (χ0n) is 11.6. The van der Waals surface area contributed by atoms with Gasteiger partial charge in [-0.3, -0.25) is 0 Å². The van der Waals surface area contributed by atoms with Crippen molar-refractivity contribution in [2.75, 3.05) is 25.5 Å². The van der Waals surface area contributed by atoms with E-state index in [9.17, 15) is 4.79 Å². The number of nitrogens with one attached hydrogen (secondary N) is 1. The molecule has 0 aliphatic carbocycles. The number of hydrogen-bond acceptors (Lipinski definition) is 3. The van der Waals surface area contributed by atoms with Crippen LogP contribution in [-0.4, -0.2) is 26.7 Å². The zero-order chi connectivity index (χ0) is 13.5. The molecule has 0 saturated carbocycles. The summed E-state index contributed by atoms with van der Waals surface area (Å²) < 4.78 is 5.21. The van der Waals surface area contributed by atoms with E-state index in [0.29, 0.717) is 12.3 Å². The summed E-state index contributed by atoms with van der Waals surface area (Å²) in [4.78, 5) is 13.5. The molecule has 0 aromatic heterocycles. The van der Waals surface area contributed by atoms with Gasteiger partial charge in [-0.2, -0.15) is 0 Å². The van der Waals surface area contributed by atoms with Crippen LogP contribution in [0.3, 0.4) is 0 Å². The van der Waals surface area contributed by atoms with Gasteiger partial charge in [0.25, 0.3) is 0 Å². The van der Waals surface area contributed by atoms with Gasteiger partial charge in [-0.25, -0.2) is 4.79 Å². The lowest BCUT2D eigenvalue weighted by molar-refractivity contribution is 0.200. The minimum atomic E-state index is -0.388. The fourth-order valence-corrected chi connectivity index (χ4v) is 1.70. The van der Waals surface area contributed by atoms with Gasteiger partial charge >= 0.3 is 6.09 Å². The Hall–Kier alpha value is -1.71. The second kappa shape index (κ2) is 6.89. The Kier molecular flexibility index (Phi) is 5.49. The standard InChI is InChI=1S/C14H22N2O2/c1-5-6-9-15-14(17)18-12-7-8-13(16(3)4)11(2)10-12/h7-8,10H,5-6,9H2,1-4H3,(H,15,17). The summed E-state index contributed by atoms with van der Waals surface area (Å²) in [5.74, 6) is 0.576. The van der Waals surface area contributed by atoms with Crippen LogP contribution in [-0.2, 0) is 0 Å². The molecular weight excluding hydrogens is 228 g/mol. The maximum atomic E-state index is 11.5. The fourth-order valence-electron chi connectivity index (χ4n) is 1.70. The smallest absolute Gasteiger partial charge is 0.410 e. The van der Waals surface area contributed by atoms with Crippen LogP contribution >= 0.6 is 0 Å². The van der Waals surface area contributed by atoms with E-state index < -0.39 is 0 Å². The first kappa shape index (κ1) is 14.4. The van der Waals surface area contributed by atoms with Crippen LogP contribution in [0.2, 0.25) is 0 Å². The average molecular weight is 250 g/mol. The molecule has 1 N–H and O–H groups in total.